The first-order valence-corrected chi connectivity index (χ1v) is 17.0. The molecule has 0 bridgehead atoms. The van der Waals surface area contributed by atoms with E-state index in [2.05, 4.69) is 0 Å². The van der Waals surface area contributed by atoms with Gasteiger partial charge in [-0.1, -0.05) is 6.07 Å². The second-order valence-corrected chi connectivity index (χ2v) is 16.3. The Morgan fingerprint density at radius 2 is 1.06 bits per heavy atom. The van der Waals surface area contributed by atoms with E-state index in [4.69, 9.17) is 27.3 Å². The number of benzene rings is 3. The van der Waals surface area contributed by atoms with Crippen molar-refractivity contribution in [2.24, 2.45) is 0 Å². The topological polar surface area (TPSA) is 124 Å². The first kappa shape index (κ1) is 37.5. The largest absolute Gasteiger partial charge is 0.524 e. The average molecular weight is 703 g/mol. The van der Waals surface area contributed by atoms with Crippen LogP contribution in [0.15, 0.2) is 87.5 Å². The Hall–Kier alpha value is -3.95. The minimum absolute atomic E-state index is 0.0330. The summed E-state index contributed by atoms with van der Waals surface area (Å²) in [6.07, 6.45) is 0. The highest BCUT2D eigenvalue weighted by Gasteiger charge is 2.52. The molecular weight excluding hydrogens is 665 g/mol. The number of ether oxygens (including phenoxy) is 5. The van der Waals surface area contributed by atoms with Gasteiger partial charge in [0, 0.05) is 14.7 Å². The van der Waals surface area contributed by atoms with E-state index in [9.17, 15) is 31.2 Å². The van der Waals surface area contributed by atoms with Gasteiger partial charge in [-0.15, -0.1) is 0 Å². The van der Waals surface area contributed by atoms with Gasteiger partial charge in [0.15, 0.2) is 13.2 Å². The first-order valence-electron chi connectivity index (χ1n) is 14.0. The van der Waals surface area contributed by atoms with Gasteiger partial charge in [0.1, 0.15) is 28.5 Å². The van der Waals surface area contributed by atoms with Crippen molar-refractivity contribution in [1.29, 1.82) is 0 Å². The molecule has 258 valence electrons. The molecule has 0 saturated heterocycles. The van der Waals surface area contributed by atoms with E-state index in [-0.39, 0.29) is 31.9 Å². The van der Waals surface area contributed by atoms with E-state index in [1.165, 1.54) is 79.9 Å². The lowest BCUT2D eigenvalue weighted by Crippen LogP contribution is -2.28. The summed E-state index contributed by atoms with van der Waals surface area (Å²) in [4.78, 5) is 24.4. The Labute approximate surface area is 273 Å². The maximum atomic E-state index is 13.9. The molecule has 47 heavy (non-hydrogen) atoms. The molecule has 3 rings (SSSR count). The SMILES string of the molecule is COc1cccc(S(OS(=O)(=O)C(F)(F)F)(c2ccc(OCC(=O)OC(C)(C)C)cc2)c2ccc(OCC(=O)OC(C)(C)C)cc2)c1. The third-order valence-corrected chi connectivity index (χ3v) is 10.6. The van der Waals surface area contributed by atoms with Crippen molar-refractivity contribution in [1.82, 2.24) is 0 Å². The molecule has 0 aliphatic rings. The van der Waals surface area contributed by atoms with Crippen molar-refractivity contribution in [3.05, 3.63) is 72.8 Å². The Morgan fingerprint density at radius 3 is 1.43 bits per heavy atom. The quantitative estimate of drug-likeness (QED) is 0.141. The summed E-state index contributed by atoms with van der Waals surface area (Å²) in [5.74, 6) is -0.758. The Morgan fingerprint density at radius 1 is 0.638 bits per heavy atom. The number of halogens is 3. The molecule has 0 saturated carbocycles. The van der Waals surface area contributed by atoms with E-state index in [0.29, 0.717) is 0 Å². The van der Waals surface area contributed by atoms with Crippen LogP contribution in [0.25, 0.3) is 0 Å². The van der Waals surface area contributed by atoms with Crippen LogP contribution in [-0.2, 0) is 32.8 Å². The highest BCUT2D eigenvalue weighted by molar-refractivity contribution is 8.33. The second-order valence-electron chi connectivity index (χ2n) is 11.9. The zero-order valence-electron chi connectivity index (χ0n) is 26.9. The summed E-state index contributed by atoms with van der Waals surface area (Å²) in [6, 6.07) is 16.7. The van der Waals surface area contributed by atoms with Crippen molar-refractivity contribution in [3.8, 4) is 17.2 Å². The van der Waals surface area contributed by atoms with E-state index < -0.39 is 62.3 Å². The molecule has 0 aliphatic heterocycles. The first-order chi connectivity index (χ1) is 21.6. The number of carbonyl (C=O) groups is 2. The zero-order valence-corrected chi connectivity index (χ0v) is 28.5. The van der Waals surface area contributed by atoms with Crippen LogP contribution >= 0.6 is 10.3 Å². The van der Waals surface area contributed by atoms with Gasteiger partial charge >= 0.3 is 27.6 Å². The minimum Gasteiger partial charge on any atom is -0.497 e. The van der Waals surface area contributed by atoms with Crippen LogP contribution in [0, 0.1) is 0 Å². The molecule has 0 unspecified atom stereocenters. The van der Waals surface area contributed by atoms with E-state index in [1.54, 1.807) is 41.5 Å². The van der Waals surface area contributed by atoms with Crippen LogP contribution in [0.3, 0.4) is 0 Å². The standard InChI is InChI=1S/C32H37F3O10S2/c1-30(2,3)43-28(36)20-41-22-11-15-25(16-12-22)46(45-47(38,39)32(33,34)35,27-10-8-9-24(19-27)40-7)26-17-13-23(14-18-26)42-21-29(37)44-31(4,5)6/h8-19H,20-21H2,1-7H3. The molecule has 3 aromatic carbocycles. The van der Waals surface area contributed by atoms with Crippen LogP contribution in [-0.4, -0.2) is 57.4 Å². The molecule has 0 N–H and O–H groups in total. The van der Waals surface area contributed by atoms with Crippen LogP contribution in [0.2, 0.25) is 0 Å². The Kier molecular flexibility index (Phi) is 11.5. The van der Waals surface area contributed by atoms with Crippen molar-refractivity contribution in [2.45, 2.75) is 72.9 Å². The number of rotatable bonds is 12. The van der Waals surface area contributed by atoms with Gasteiger partial charge in [0.05, 0.1) is 7.11 Å². The predicted octanol–water partition coefficient (Wildman–Crippen LogP) is 7.20. The fraction of sp³-hybridized carbons (Fsp3) is 0.375. The molecule has 10 nitrogen and oxygen atoms in total. The third kappa shape index (κ3) is 10.3. The number of hydrogen-bond donors (Lipinski definition) is 0. The van der Waals surface area contributed by atoms with Crippen LogP contribution in [0.4, 0.5) is 13.2 Å². The molecule has 0 aliphatic carbocycles. The predicted molar refractivity (Wildman–Crippen MR) is 167 cm³/mol. The van der Waals surface area contributed by atoms with E-state index in [0.717, 1.165) is 0 Å². The fourth-order valence-corrected chi connectivity index (χ4v) is 8.69. The molecule has 3 aromatic rings. The van der Waals surface area contributed by atoms with Crippen LogP contribution in [0.1, 0.15) is 41.5 Å². The fourth-order valence-electron chi connectivity index (χ4n) is 3.96. The summed E-state index contributed by atoms with van der Waals surface area (Å²) in [5, 5.41) is 0. The molecule has 15 heteroatoms. The van der Waals surface area contributed by atoms with Gasteiger partial charge < -0.3 is 23.7 Å². The maximum Gasteiger partial charge on any atom is 0.524 e. The molecule has 0 atom stereocenters. The van der Waals surface area contributed by atoms with E-state index >= 15 is 0 Å². The zero-order chi connectivity index (χ0) is 35.3. The lowest BCUT2D eigenvalue weighted by atomic mass is 10.2. The molecule has 0 amide bonds. The normalized spacial score (nSPS) is 13.0. The number of alkyl halides is 3. The molecule has 0 spiro atoms. The maximum absolute atomic E-state index is 13.9. The average Bonchev–Trinajstić information content (AvgIpc) is 2.96. The van der Waals surface area contributed by atoms with Crippen LogP contribution < -0.4 is 14.2 Å². The molecule has 0 aromatic heterocycles. The molecule has 0 radical (unpaired) electrons. The number of carbonyl (C=O) groups excluding carboxylic acids is 2. The Bertz CT molecular complexity index is 1570. The third-order valence-electron chi connectivity index (χ3n) is 5.71. The van der Waals surface area contributed by atoms with Crippen molar-refractivity contribution >= 4 is 32.4 Å². The second kappa shape index (κ2) is 14.4. The highest BCUT2D eigenvalue weighted by Crippen LogP contribution is 2.71. The molecular formula is C32H37F3O10S2. The molecule has 0 fully saturated rings. The minimum atomic E-state index is -6.21. The summed E-state index contributed by atoms with van der Waals surface area (Å²) in [7, 11) is -8.59. The van der Waals surface area contributed by atoms with Gasteiger partial charge in [0.2, 0.25) is 0 Å². The van der Waals surface area contributed by atoms with Crippen molar-refractivity contribution in [3.63, 3.8) is 0 Å². The van der Waals surface area contributed by atoms with E-state index in [1.807, 2.05) is 0 Å². The lowest BCUT2D eigenvalue weighted by Gasteiger charge is -2.39. The van der Waals surface area contributed by atoms with Gasteiger partial charge in [-0.3, -0.25) is 0 Å². The molecule has 0 heterocycles. The summed E-state index contributed by atoms with van der Waals surface area (Å²) in [6.45, 7) is 9.24. The number of methoxy groups -OCH3 is 1. The highest BCUT2D eigenvalue weighted by atomic mass is 32.3. The smallest absolute Gasteiger partial charge is 0.497 e. The Balaban J connectivity index is 2.14. The van der Waals surface area contributed by atoms with Gasteiger partial charge in [-0.2, -0.15) is 25.2 Å². The van der Waals surface area contributed by atoms with Crippen molar-refractivity contribution in [2.75, 3.05) is 20.3 Å². The number of esters is 2. The summed E-state index contributed by atoms with van der Waals surface area (Å²) >= 11 is 0. The number of hydrogen-bond acceptors (Lipinski definition) is 10. The van der Waals surface area contributed by atoms with Crippen LogP contribution in [0.5, 0.6) is 17.2 Å². The lowest BCUT2D eigenvalue weighted by molar-refractivity contribution is -0.158. The monoisotopic (exact) mass is 702 g/mol. The van der Waals surface area contributed by atoms with Crippen molar-refractivity contribution < 1.29 is 58.5 Å². The summed E-state index contributed by atoms with van der Waals surface area (Å²) in [5.41, 5.74) is -7.26. The summed E-state index contributed by atoms with van der Waals surface area (Å²) < 4.78 is 99.3. The van der Waals surface area contributed by atoms with Gasteiger partial charge in [-0.05, 0) is 119 Å². The van der Waals surface area contributed by atoms with Gasteiger partial charge in [-0.25, -0.2) is 9.59 Å². The van der Waals surface area contributed by atoms with Gasteiger partial charge in [0.25, 0.3) is 0 Å².